The van der Waals surface area contributed by atoms with E-state index in [4.69, 9.17) is 9.97 Å². The molecule has 0 saturated carbocycles. The molecule has 0 spiro atoms. The van der Waals surface area contributed by atoms with Gasteiger partial charge in [-0.2, -0.15) is 0 Å². The highest BCUT2D eigenvalue weighted by Gasteiger charge is 2.37. The van der Waals surface area contributed by atoms with Crippen LogP contribution in [0.25, 0.3) is 105 Å². The highest BCUT2D eigenvalue weighted by Crippen LogP contribution is 2.53. The molecule has 0 atom stereocenters. The van der Waals surface area contributed by atoms with Crippen molar-refractivity contribution in [1.82, 2.24) is 14.5 Å². The summed E-state index contributed by atoms with van der Waals surface area (Å²) in [6.07, 6.45) is 0. The highest BCUT2D eigenvalue weighted by atomic mass is 15.0. The van der Waals surface area contributed by atoms with Crippen molar-refractivity contribution in [3.63, 3.8) is 0 Å². The monoisotopic (exact) mass is 765 g/mol. The minimum Gasteiger partial charge on any atom is -0.309 e. The Labute approximate surface area is 348 Å². The Kier molecular flexibility index (Phi) is 7.58. The Balaban J connectivity index is 0.939. The number of para-hydroxylation sites is 2. The molecule has 1 aliphatic rings. The van der Waals surface area contributed by atoms with E-state index in [1.165, 1.54) is 76.7 Å². The zero-order valence-corrected chi connectivity index (χ0v) is 33.4. The van der Waals surface area contributed by atoms with Crippen LogP contribution in [-0.2, 0) is 5.41 Å². The largest absolute Gasteiger partial charge is 0.309 e. The van der Waals surface area contributed by atoms with Crippen molar-refractivity contribution in [3.8, 4) is 61.8 Å². The van der Waals surface area contributed by atoms with Gasteiger partial charge < -0.3 is 4.57 Å². The van der Waals surface area contributed by atoms with Crippen molar-refractivity contribution in [2.45, 2.75) is 19.3 Å². The van der Waals surface area contributed by atoms with Crippen LogP contribution in [0, 0.1) is 0 Å². The summed E-state index contributed by atoms with van der Waals surface area (Å²) in [5.41, 5.74) is 16.1. The lowest BCUT2D eigenvalue weighted by Gasteiger charge is -2.22. The number of aromatic nitrogens is 3. The van der Waals surface area contributed by atoms with Crippen LogP contribution in [0.4, 0.5) is 0 Å². The third-order valence-corrected chi connectivity index (χ3v) is 12.8. The van der Waals surface area contributed by atoms with Gasteiger partial charge in [-0.15, -0.1) is 0 Å². The van der Waals surface area contributed by atoms with Gasteiger partial charge in [0.05, 0.1) is 22.4 Å². The van der Waals surface area contributed by atoms with E-state index < -0.39 is 0 Å². The van der Waals surface area contributed by atoms with E-state index in [1.807, 2.05) is 6.07 Å². The van der Waals surface area contributed by atoms with Crippen molar-refractivity contribution in [1.29, 1.82) is 0 Å². The van der Waals surface area contributed by atoms with Crippen LogP contribution in [0.1, 0.15) is 25.0 Å². The number of benzene rings is 9. The van der Waals surface area contributed by atoms with Crippen LogP contribution in [0.2, 0.25) is 0 Å². The second-order valence-corrected chi connectivity index (χ2v) is 16.6. The summed E-state index contributed by atoms with van der Waals surface area (Å²) in [6, 6.07) is 72.4. The quantitative estimate of drug-likeness (QED) is 0.175. The zero-order valence-electron chi connectivity index (χ0n) is 33.4. The maximum absolute atomic E-state index is 5.31. The second-order valence-electron chi connectivity index (χ2n) is 16.6. The SMILES string of the molecule is CC1(C)c2cc3ccccc3cc2-c2c(-c3cc(-c4ccc5cc(-c6ccc(-n7c8ccccc8c8ccccc87)cc6)ccc5c4)nc(-c4ccccc4)n3)cccc21. The van der Waals surface area contributed by atoms with Crippen LogP contribution in [0.5, 0.6) is 0 Å². The average Bonchev–Trinajstić information content (AvgIpc) is 3.76. The Morgan fingerprint density at radius 3 is 1.70 bits per heavy atom. The molecule has 1 aliphatic carbocycles. The number of fused-ring (bicyclic) bond motifs is 8. The summed E-state index contributed by atoms with van der Waals surface area (Å²) in [7, 11) is 0. The lowest BCUT2D eigenvalue weighted by molar-refractivity contribution is 0.661. The molecule has 2 heterocycles. The van der Waals surface area contributed by atoms with Crippen molar-refractivity contribution < 1.29 is 0 Å². The predicted molar refractivity (Wildman–Crippen MR) is 251 cm³/mol. The van der Waals surface area contributed by atoms with Crippen molar-refractivity contribution >= 4 is 43.4 Å². The molecular formula is C57H39N3. The molecule has 0 saturated heterocycles. The van der Waals surface area contributed by atoms with Gasteiger partial charge in [0.15, 0.2) is 5.82 Å². The van der Waals surface area contributed by atoms with Gasteiger partial charge in [0, 0.05) is 38.6 Å². The maximum Gasteiger partial charge on any atom is 0.160 e. The van der Waals surface area contributed by atoms with E-state index >= 15 is 0 Å². The van der Waals surface area contributed by atoms with E-state index in [0.29, 0.717) is 0 Å². The first kappa shape index (κ1) is 34.4. The third kappa shape index (κ3) is 5.36. The molecule has 0 N–H and O–H groups in total. The topological polar surface area (TPSA) is 30.7 Å². The fourth-order valence-corrected chi connectivity index (χ4v) is 9.72. The molecule has 3 heteroatoms. The van der Waals surface area contributed by atoms with Gasteiger partial charge in [-0.1, -0.05) is 159 Å². The Morgan fingerprint density at radius 2 is 0.967 bits per heavy atom. The van der Waals surface area contributed by atoms with E-state index in [1.54, 1.807) is 0 Å². The fraction of sp³-hybridized carbons (Fsp3) is 0.0526. The van der Waals surface area contributed by atoms with E-state index in [-0.39, 0.29) is 5.41 Å². The van der Waals surface area contributed by atoms with Crippen LogP contribution in [0.3, 0.4) is 0 Å². The Hall–Kier alpha value is -7.62. The van der Waals surface area contributed by atoms with Gasteiger partial charge in [0.25, 0.3) is 0 Å². The molecule has 0 unspecified atom stereocenters. The molecule has 11 aromatic rings. The first-order valence-corrected chi connectivity index (χ1v) is 20.7. The van der Waals surface area contributed by atoms with E-state index in [0.717, 1.165) is 39.6 Å². The van der Waals surface area contributed by atoms with Gasteiger partial charge in [-0.3, -0.25) is 0 Å². The minimum atomic E-state index is -0.144. The first-order valence-electron chi connectivity index (χ1n) is 20.7. The summed E-state index contributed by atoms with van der Waals surface area (Å²) in [6.45, 7) is 4.69. The molecule has 282 valence electrons. The second kappa shape index (κ2) is 13.2. The summed E-state index contributed by atoms with van der Waals surface area (Å²) >= 11 is 0. The maximum atomic E-state index is 5.31. The highest BCUT2D eigenvalue weighted by molar-refractivity contribution is 6.09. The third-order valence-electron chi connectivity index (χ3n) is 12.8. The summed E-state index contributed by atoms with van der Waals surface area (Å²) < 4.78 is 2.37. The predicted octanol–water partition coefficient (Wildman–Crippen LogP) is 14.9. The minimum absolute atomic E-state index is 0.144. The summed E-state index contributed by atoms with van der Waals surface area (Å²) in [4.78, 5) is 10.5. The molecule has 9 aromatic carbocycles. The standard InChI is InChI=1S/C57H39N3/c1-57(2)49-20-12-19-47(55(49)48-33-38-15-6-7-16-39(38)34-50(48)57)52-35-51(58-56(59-52)37-13-4-3-5-14-37)43-26-25-41-31-40(23-24-42(41)32-43)36-27-29-44(30-28-36)60-53-21-10-8-17-45(53)46-18-9-11-22-54(46)60/h3-35H,1-2H3. The molecule has 12 rings (SSSR count). The molecule has 0 amide bonds. The van der Waals surface area contributed by atoms with Gasteiger partial charge in [-0.05, 0) is 110 Å². The van der Waals surface area contributed by atoms with E-state index in [2.05, 4.69) is 213 Å². The van der Waals surface area contributed by atoms with Crippen molar-refractivity contribution in [2.75, 3.05) is 0 Å². The summed E-state index contributed by atoms with van der Waals surface area (Å²) in [5.74, 6) is 0.719. The number of rotatable bonds is 5. The van der Waals surface area contributed by atoms with Gasteiger partial charge in [0.1, 0.15) is 0 Å². The molecule has 2 aromatic heterocycles. The lowest BCUT2D eigenvalue weighted by atomic mass is 9.81. The van der Waals surface area contributed by atoms with Crippen LogP contribution >= 0.6 is 0 Å². The fourth-order valence-electron chi connectivity index (χ4n) is 9.72. The van der Waals surface area contributed by atoms with Gasteiger partial charge in [-0.25, -0.2) is 9.97 Å². The van der Waals surface area contributed by atoms with E-state index in [9.17, 15) is 0 Å². The molecular weight excluding hydrogens is 727 g/mol. The molecule has 60 heavy (non-hydrogen) atoms. The van der Waals surface area contributed by atoms with Crippen LogP contribution in [0.15, 0.2) is 200 Å². The Bertz CT molecular complexity index is 3450. The molecule has 0 radical (unpaired) electrons. The molecule has 3 nitrogen and oxygen atoms in total. The number of hydrogen-bond acceptors (Lipinski definition) is 2. The van der Waals surface area contributed by atoms with Crippen molar-refractivity contribution in [2.24, 2.45) is 0 Å². The van der Waals surface area contributed by atoms with Crippen molar-refractivity contribution in [3.05, 3.63) is 211 Å². The molecule has 0 fully saturated rings. The molecule has 0 bridgehead atoms. The first-order chi connectivity index (χ1) is 29.5. The van der Waals surface area contributed by atoms with Gasteiger partial charge in [0.2, 0.25) is 0 Å². The number of nitrogens with zero attached hydrogens (tertiary/aromatic N) is 3. The van der Waals surface area contributed by atoms with Gasteiger partial charge >= 0.3 is 0 Å². The smallest absolute Gasteiger partial charge is 0.160 e. The average molecular weight is 766 g/mol. The normalized spacial score (nSPS) is 13.0. The zero-order chi connectivity index (χ0) is 40.0. The van der Waals surface area contributed by atoms with Crippen LogP contribution in [-0.4, -0.2) is 14.5 Å². The summed E-state index contributed by atoms with van der Waals surface area (Å²) in [5, 5.41) is 7.42. The lowest BCUT2D eigenvalue weighted by Crippen LogP contribution is -2.14. The number of hydrogen-bond donors (Lipinski definition) is 0. The Morgan fingerprint density at radius 1 is 0.383 bits per heavy atom. The van der Waals surface area contributed by atoms with Crippen LogP contribution < -0.4 is 0 Å². The molecule has 0 aliphatic heterocycles.